The van der Waals surface area contributed by atoms with E-state index >= 15 is 0 Å². The van der Waals surface area contributed by atoms with Crippen LogP contribution in [0.2, 0.25) is 0 Å². The summed E-state index contributed by atoms with van der Waals surface area (Å²) in [5.74, 6) is 4.40. The number of rotatable bonds is 2. The first-order chi connectivity index (χ1) is 8.11. The van der Waals surface area contributed by atoms with Gasteiger partial charge in [-0.3, -0.25) is 15.0 Å². The van der Waals surface area contributed by atoms with Gasteiger partial charge in [-0.05, 0) is 19.1 Å². The molecule has 1 heterocycles. The molecule has 0 spiro atoms. The average molecular weight is 233 g/mol. The second-order valence-corrected chi connectivity index (χ2v) is 4.25. The molecule has 3 N–H and O–H groups in total. The van der Waals surface area contributed by atoms with Crippen LogP contribution < -0.4 is 16.2 Å². The van der Waals surface area contributed by atoms with Crippen LogP contribution in [0, 0.1) is 12.8 Å². The highest BCUT2D eigenvalue weighted by molar-refractivity contribution is 6.00. The Morgan fingerprint density at radius 2 is 2.06 bits per heavy atom. The molecule has 1 saturated heterocycles. The van der Waals surface area contributed by atoms with Crippen LogP contribution in [-0.4, -0.2) is 18.4 Å². The number of carbonyl (C=O) groups is 2. The Bertz CT molecular complexity index is 442. The summed E-state index contributed by atoms with van der Waals surface area (Å²) in [6.45, 7) is 2.38. The van der Waals surface area contributed by atoms with Crippen molar-refractivity contribution in [2.75, 3.05) is 11.4 Å². The van der Waals surface area contributed by atoms with Crippen molar-refractivity contribution in [2.45, 2.75) is 13.3 Å². The smallest absolute Gasteiger partial charge is 0.239 e. The molecular formula is C12H15N3O2. The number of hydrazine groups is 1. The van der Waals surface area contributed by atoms with E-state index in [0.717, 1.165) is 11.3 Å². The Labute approximate surface area is 99.6 Å². The van der Waals surface area contributed by atoms with Gasteiger partial charge in [-0.1, -0.05) is 17.7 Å². The number of hydrogen-bond acceptors (Lipinski definition) is 3. The second kappa shape index (κ2) is 4.55. The van der Waals surface area contributed by atoms with E-state index in [1.165, 1.54) is 0 Å². The Hall–Kier alpha value is -1.88. The van der Waals surface area contributed by atoms with Crippen LogP contribution in [0.3, 0.4) is 0 Å². The van der Waals surface area contributed by atoms with Gasteiger partial charge in [-0.25, -0.2) is 5.84 Å². The van der Waals surface area contributed by atoms with Crippen molar-refractivity contribution in [2.24, 2.45) is 11.8 Å². The van der Waals surface area contributed by atoms with Crippen LogP contribution in [-0.2, 0) is 9.59 Å². The lowest BCUT2D eigenvalue weighted by atomic mass is 10.1. The van der Waals surface area contributed by atoms with E-state index < -0.39 is 0 Å². The maximum atomic E-state index is 11.8. The highest BCUT2D eigenvalue weighted by atomic mass is 16.2. The molecule has 0 saturated carbocycles. The largest absolute Gasteiger partial charge is 0.312 e. The molecule has 90 valence electrons. The number of hydrogen-bond donors (Lipinski definition) is 2. The SMILES string of the molecule is Cc1ccc(N2C[C@H](C(=O)NN)CC2=O)cc1. The Morgan fingerprint density at radius 1 is 1.41 bits per heavy atom. The third-order valence-electron chi connectivity index (χ3n) is 2.98. The van der Waals surface area contributed by atoms with E-state index in [2.05, 4.69) is 5.43 Å². The Balaban J connectivity index is 2.15. The van der Waals surface area contributed by atoms with Gasteiger partial charge < -0.3 is 4.90 Å². The molecule has 1 aliphatic rings. The first-order valence-corrected chi connectivity index (χ1v) is 5.49. The van der Waals surface area contributed by atoms with E-state index in [4.69, 9.17) is 5.84 Å². The number of nitrogens with one attached hydrogen (secondary N) is 1. The molecule has 1 aromatic rings. The summed E-state index contributed by atoms with van der Waals surface area (Å²) in [6.07, 6.45) is 0.219. The zero-order valence-corrected chi connectivity index (χ0v) is 9.64. The number of aryl methyl sites for hydroxylation is 1. The number of amides is 2. The van der Waals surface area contributed by atoms with E-state index in [0.29, 0.717) is 6.54 Å². The van der Waals surface area contributed by atoms with Gasteiger partial charge in [0.2, 0.25) is 11.8 Å². The maximum absolute atomic E-state index is 11.8. The van der Waals surface area contributed by atoms with Crippen molar-refractivity contribution >= 4 is 17.5 Å². The molecule has 0 aromatic heterocycles. The van der Waals surface area contributed by atoms with Crippen LogP contribution in [0.1, 0.15) is 12.0 Å². The topological polar surface area (TPSA) is 75.4 Å². The van der Waals surface area contributed by atoms with E-state index in [1.54, 1.807) is 4.90 Å². The van der Waals surface area contributed by atoms with Crippen LogP contribution in [0.5, 0.6) is 0 Å². The van der Waals surface area contributed by atoms with Crippen molar-refractivity contribution in [1.82, 2.24) is 5.43 Å². The molecule has 2 amide bonds. The summed E-state index contributed by atoms with van der Waals surface area (Å²) in [7, 11) is 0. The summed E-state index contributed by atoms with van der Waals surface area (Å²) in [6, 6.07) is 7.66. The molecular weight excluding hydrogens is 218 g/mol. The van der Waals surface area contributed by atoms with Gasteiger partial charge in [0.1, 0.15) is 0 Å². The van der Waals surface area contributed by atoms with Gasteiger partial charge >= 0.3 is 0 Å². The van der Waals surface area contributed by atoms with Crippen LogP contribution in [0.4, 0.5) is 5.69 Å². The highest BCUT2D eigenvalue weighted by Crippen LogP contribution is 2.25. The maximum Gasteiger partial charge on any atom is 0.239 e. The number of anilines is 1. The summed E-state index contributed by atoms with van der Waals surface area (Å²) < 4.78 is 0. The minimum atomic E-state index is -0.353. The standard InChI is InChI=1S/C12H15N3O2/c1-8-2-4-10(5-3-8)15-7-9(6-11(15)16)12(17)14-13/h2-5,9H,6-7,13H2,1H3,(H,14,17)/t9-/m1/s1. The minimum absolute atomic E-state index is 0.0394. The zero-order chi connectivity index (χ0) is 12.4. The summed E-state index contributed by atoms with van der Waals surface area (Å²) in [5.41, 5.74) is 4.05. The van der Waals surface area contributed by atoms with E-state index in [-0.39, 0.29) is 24.2 Å². The number of nitrogens with two attached hydrogens (primary N) is 1. The average Bonchev–Trinajstić information content (AvgIpc) is 2.71. The van der Waals surface area contributed by atoms with Gasteiger partial charge in [0.15, 0.2) is 0 Å². The molecule has 2 rings (SSSR count). The fourth-order valence-electron chi connectivity index (χ4n) is 1.98. The highest BCUT2D eigenvalue weighted by Gasteiger charge is 2.34. The lowest BCUT2D eigenvalue weighted by Gasteiger charge is -2.16. The van der Waals surface area contributed by atoms with E-state index in [1.807, 2.05) is 31.2 Å². The first kappa shape index (κ1) is 11.6. The third kappa shape index (κ3) is 2.29. The Morgan fingerprint density at radius 3 is 2.65 bits per heavy atom. The molecule has 0 unspecified atom stereocenters. The lowest BCUT2D eigenvalue weighted by Crippen LogP contribution is -2.37. The van der Waals surface area contributed by atoms with Gasteiger partial charge in [-0.2, -0.15) is 0 Å². The van der Waals surface area contributed by atoms with Crippen molar-refractivity contribution in [3.63, 3.8) is 0 Å². The van der Waals surface area contributed by atoms with Crippen molar-refractivity contribution in [3.8, 4) is 0 Å². The van der Waals surface area contributed by atoms with Gasteiger partial charge in [-0.15, -0.1) is 0 Å². The fraction of sp³-hybridized carbons (Fsp3) is 0.333. The molecule has 1 aliphatic heterocycles. The van der Waals surface area contributed by atoms with Crippen LogP contribution >= 0.6 is 0 Å². The third-order valence-corrected chi connectivity index (χ3v) is 2.98. The molecule has 1 atom stereocenters. The summed E-state index contributed by atoms with van der Waals surface area (Å²) in [4.78, 5) is 24.8. The predicted molar refractivity (Wildman–Crippen MR) is 64.0 cm³/mol. The van der Waals surface area contributed by atoms with Crippen molar-refractivity contribution in [1.29, 1.82) is 0 Å². The number of nitrogens with zero attached hydrogens (tertiary/aromatic N) is 1. The minimum Gasteiger partial charge on any atom is -0.312 e. The molecule has 5 heteroatoms. The van der Waals surface area contributed by atoms with Crippen LogP contribution in [0.25, 0.3) is 0 Å². The van der Waals surface area contributed by atoms with Gasteiger partial charge in [0, 0.05) is 18.7 Å². The molecule has 17 heavy (non-hydrogen) atoms. The monoisotopic (exact) mass is 233 g/mol. The number of carbonyl (C=O) groups excluding carboxylic acids is 2. The van der Waals surface area contributed by atoms with Gasteiger partial charge in [0.05, 0.1) is 5.92 Å². The molecule has 0 radical (unpaired) electrons. The lowest BCUT2D eigenvalue weighted by molar-refractivity contribution is -0.126. The quantitative estimate of drug-likeness (QED) is 0.439. The van der Waals surface area contributed by atoms with Crippen molar-refractivity contribution < 1.29 is 9.59 Å². The normalized spacial score (nSPS) is 19.5. The molecule has 0 aliphatic carbocycles. The molecule has 1 fully saturated rings. The number of benzene rings is 1. The molecule has 5 nitrogen and oxygen atoms in total. The summed E-state index contributed by atoms with van der Waals surface area (Å²) in [5, 5.41) is 0. The van der Waals surface area contributed by atoms with Crippen molar-refractivity contribution in [3.05, 3.63) is 29.8 Å². The second-order valence-electron chi connectivity index (χ2n) is 4.25. The van der Waals surface area contributed by atoms with Crippen LogP contribution in [0.15, 0.2) is 24.3 Å². The van der Waals surface area contributed by atoms with E-state index in [9.17, 15) is 9.59 Å². The first-order valence-electron chi connectivity index (χ1n) is 5.49. The molecule has 0 bridgehead atoms. The van der Waals surface area contributed by atoms with Gasteiger partial charge in [0.25, 0.3) is 0 Å². The Kier molecular flexibility index (Phi) is 3.10. The predicted octanol–water partition coefficient (Wildman–Crippen LogP) is 0.338. The molecule has 1 aromatic carbocycles. The zero-order valence-electron chi connectivity index (χ0n) is 9.64. The fourth-order valence-corrected chi connectivity index (χ4v) is 1.98. The summed E-state index contributed by atoms with van der Waals surface area (Å²) >= 11 is 0.